The molecule has 2 aliphatic rings. The minimum Gasteiger partial charge on any atom is -0.452 e. The second-order valence-electron chi connectivity index (χ2n) is 7.84. The molecule has 4 rings (SSSR count). The van der Waals surface area contributed by atoms with Gasteiger partial charge in [0.25, 0.3) is 17.7 Å². The van der Waals surface area contributed by atoms with Gasteiger partial charge in [0, 0.05) is 12.2 Å². The molecule has 0 atom stereocenters. The lowest BCUT2D eigenvalue weighted by Crippen LogP contribution is -2.30. The Morgan fingerprint density at radius 2 is 1.77 bits per heavy atom. The maximum Gasteiger partial charge on any atom is 0.338 e. The van der Waals surface area contributed by atoms with Gasteiger partial charge in [-0.3, -0.25) is 19.3 Å². The van der Waals surface area contributed by atoms with E-state index in [0.717, 1.165) is 32.1 Å². The van der Waals surface area contributed by atoms with E-state index in [-0.39, 0.29) is 22.6 Å². The van der Waals surface area contributed by atoms with Gasteiger partial charge in [-0.25, -0.2) is 4.79 Å². The number of aryl methyl sites for hydroxylation is 2. The van der Waals surface area contributed by atoms with Crippen molar-refractivity contribution in [2.75, 3.05) is 18.5 Å². The first kappa shape index (κ1) is 20.8. The van der Waals surface area contributed by atoms with E-state index in [1.807, 2.05) is 25.1 Å². The molecule has 0 saturated carbocycles. The summed E-state index contributed by atoms with van der Waals surface area (Å²) in [4.78, 5) is 50.7. The molecule has 0 unspecified atom stereocenters. The zero-order valence-electron chi connectivity index (χ0n) is 17.4. The average molecular weight is 420 g/mol. The number of fused-ring (bicyclic) bond motifs is 2. The number of carbonyl (C=O) groups is 4. The molecule has 0 spiro atoms. The normalized spacial score (nSPS) is 14.4. The predicted molar refractivity (Wildman–Crippen MR) is 114 cm³/mol. The van der Waals surface area contributed by atoms with Gasteiger partial charge < -0.3 is 10.1 Å². The molecule has 7 heteroatoms. The quantitative estimate of drug-likeness (QED) is 0.548. The first-order chi connectivity index (χ1) is 15.0. The van der Waals surface area contributed by atoms with Gasteiger partial charge in [0.05, 0.1) is 16.7 Å². The molecule has 7 nitrogen and oxygen atoms in total. The summed E-state index contributed by atoms with van der Waals surface area (Å²) in [6.45, 7) is 1.89. The molecule has 0 fully saturated rings. The SMILES string of the molecule is CCCCN1C(=O)c2ccc(C(=O)OCC(=O)Nc3ccc4c(c3)CCC4)cc2C1=O. The van der Waals surface area contributed by atoms with Crippen LogP contribution in [-0.2, 0) is 22.4 Å². The number of ether oxygens (including phenoxy) is 1. The van der Waals surface area contributed by atoms with Crippen LogP contribution in [0, 0.1) is 0 Å². The van der Waals surface area contributed by atoms with Crippen molar-refractivity contribution in [3.05, 3.63) is 64.2 Å². The Morgan fingerprint density at radius 1 is 1.00 bits per heavy atom. The summed E-state index contributed by atoms with van der Waals surface area (Å²) < 4.78 is 5.11. The van der Waals surface area contributed by atoms with Gasteiger partial charge in [0.2, 0.25) is 0 Å². The van der Waals surface area contributed by atoms with E-state index in [2.05, 4.69) is 5.32 Å². The minimum absolute atomic E-state index is 0.127. The molecular formula is C24H24N2O5. The Bertz CT molecular complexity index is 1080. The second-order valence-corrected chi connectivity index (χ2v) is 7.84. The van der Waals surface area contributed by atoms with Gasteiger partial charge in [-0.05, 0) is 67.1 Å². The molecule has 1 aliphatic heterocycles. The number of anilines is 1. The van der Waals surface area contributed by atoms with Crippen LogP contribution in [-0.4, -0.2) is 41.7 Å². The van der Waals surface area contributed by atoms with Crippen LogP contribution in [0.4, 0.5) is 5.69 Å². The number of unbranched alkanes of at least 4 members (excludes halogenated alkanes) is 1. The van der Waals surface area contributed by atoms with E-state index < -0.39 is 24.4 Å². The summed E-state index contributed by atoms with van der Waals surface area (Å²) in [5.41, 5.74) is 3.82. The van der Waals surface area contributed by atoms with Crippen molar-refractivity contribution in [3.8, 4) is 0 Å². The zero-order valence-corrected chi connectivity index (χ0v) is 17.4. The van der Waals surface area contributed by atoms with Crippen LogP contribution >= 0.6 is 0 Å². The van der Waals surface area contributed by atoms with E-state index in [1.165, 1.54) is 34.2 Å². The fraction of sp³-hybridized carbons (Fsp3) is 0.333. The molecule has 2 aromatic carbocycles. The number of rotatable bonds is 7. The van der Waals surface area contributed by atoms with Gasteiger partial charge in [-0.2, -0.15) is 0 Å². The van der Waals surface area contributed by atoms with E-state index in [0.29, 0.717) is 12.2 Å². The third-order valence-electron chi connectivity index (χ3n) is 5.66. The smallest absolute Gasteiger partial charge is 0.338 e. The maximum atomic E-state index is 12.5. The Morgan fingerprint density at radius 3 is 2.58 bits per heavy atom. The van der Waals surface area contributed by atoms with Crippen LogP contribution in [0.5, 0.6) is 0 Å². The molecule has 31 heavy (non-hydrogen) atoms. The van der Waals surface area contributed by atoms with Gasteiger partial charge in [-0.1, -0.05) is 19.4 Å². The highest BCUT2D eigenvalue weighted by atomic mass is 16.5. The minimum atomic E-state index is -0.723. The highest BCUT2D eigenvalue weighted by molar-refractivity contribution is 6.22. The summed E-state index contributed by atoms with van der Waals surface area (Å²) in [5, 5.41) is 2.74. The number of benzene rings is 2. The topological polar surface area (TPSA) is 92.8 Å². The summed E-state index contributed by atoms with van der Waals surface area (Å²) >= 11 is 0. The molecule has 1 N–H and O–H groups in total. The third-order valence-corrected chi connectivity index (χ3v) is 5.66. The molecular weight excluding hydrogens is 396 g/mol. The molecule has 1 heterocycles. The molecule has 160 valence electrons. The first-order valence-electron chi connectivity index (χ1n) is 10.6. The summed E-state index contributed by atoms with van der Waals surface area (Å²) in [5.74, 6) is -1.91. The molecule has 0 radical (unpaired) electrons. The Kier molecular flexibility index (Phi) is 5.84. The van der Waals surface area contributed by atoms with E-state index in [1.54, 1.807) is 0 Å². The van der Waals surface area contributed by atoms with Crippen molar-refractivity contribution in [3.63, 3.8) is 0 Å². The van der Waals surface area contributed by atoms with Crippen molar-refractivity contribution in [2.45, 2.75) is 39.0 Å². The number of esters is 1. The number of imide groups is 1. The molecule has 1 aliphatic carbocycles. The number of hydrogen-bond donors (Lipinski definition) is 1. The van der Waals surface area contributed by atoms with Gasteiger partial charge >= 0.3 is 5.97 Å². The van der Waals surface area contributed by atoms with Crippen molar-refractivity contribution in [2.24, 2.45) is 0 Å². The van der Waals surface area contributed by atoms with Crippen LogP contribution in [0.1, 0.15) is 68.4 Å². The molecule has 2 aromatic rings. The Labute approximate surface area is 180 Å². The predicted octanol–water partition coefficient (Wildman–Crippen LogP) is 3.37. The van der Waals surface area contributed by atoms with Crippen molar-refractivity contribution >= 4 is 29.4 Å². The van der Waals surface area contributed by atoms with Crippen molar-refractivity contribution in [1.82, 2.24) is 4.90 Å². The van der Waals surface area contributed by atoms with Crippen LogP contribution in [0.15, 0.2) is 36.4 Å². The highest BCUT2D eigenvalue weighted by Gasteiger charge is 2.35. The van der Waals surface area contributed by atoms with Crippen LogP contribution in [0.2, 0.25) is 0 Å². The number of nitrogens with zero attached hydrogens (tertiary/aromatic N) is 1. The molecule has 0 bridgehead atoms. The molecule has 0 aromatic heterocycles. The Balaban J connectivity index is 1.36. The standard InChI is InChI=1S/C24H24N2O5/c1-2-3-11-26-22(28)19-10-8-17(13-20(19)23(26)29)24(30)31-14-21(27)25-18-9-7-15-5-4-6-16(15)12-18/h7-10,12-13H,2-6,11,14H2,1H3,(H,25,27). The van der Waals surface area contributed by atoms with Crippen molar-refractivity contribution < 1.29 is 23.9 Å². The molecule has 0 saturated heterocycles. The van der Waals surface area contributed by atoms with Crippen LogP contribution in [0.3, 0.4) is 0 Å². The van der Waals surface area contributed by atoms with Gasteiger partial charge in [0.1, 0.15) is 0 Å². The largest absolute Gasteiger partial charge is 0.452 e. The van der Waals surface area contributed by atoms with E-state index >= 15 is 0 Å². The molecule has 3 amide bonds. The second kappa shape index (κ2) is 8.71. The lowest BCUT2D eigenvalue weighted by molar-refractivity contribution is -0.119. The number of nitrogens with one attached hydrogen (secondary N) is 1. The van der Waals surface area contributed by atoms with Gasteiger partial charge in [0.15, 0.2) is 6.61 Å². The highest BCUT2D eigenvalue weighted by Crippen LogP contribution is 2.26. The monoisotopic (exact) mass is 420 g/mol. The lowest BCUT2D eigenvalue weighted by atomic mass is 10.1. The summed E-state index contributed by atoms with van der Waals surface area (Å²) in [6.07, 6.45) is 4.77. The van der Waals surface area contributed by atoms with Crippen molar-refractivity contribution in [1.29, 1.82) is 0 Å². The van der Waals surface area contributed by atoms with E-state index in [4.69, 9.17) is 4.74 Å². The maximum absolute atomic E-state index is 12.5. The number of carbonyl (C=O) groups excluding carboxylic acids is 4. The average Bonchev–Trinajstić information content (AvgIpc) is 3.33. The van der Waals surface area contributed by atoms with Crippen LogP contribution < -0.4 is 5.32 Å². The van der Waals surface area contributed by atoms with E-state index in [9.17, 15) is 19.2 Å². The summed E-state index contributed by atoms with van der Waals surface area (Å²) in [7, 11) is 0. The zero-order chi connectivity index (χ0) is 22.0. The summed E-state index contributed by atoms with van der Waals surface area (Å²) in [6, 6.07) is 10.1. The van der Waals surface area contributed by atoms with Crippen LogP contribution in [0.25, 0.3) is 0 Å². The Hall–Kier alpha value is -3.48. The number of hydrogen-bond acceptors (Lipinski definition) is 5. The third kappa shape index (κ3) is 4.21. The number of amides is 3. The fourth-order valence-corrected chi connectivity index (χ4v) is 4.00. The van der Waals surface area contributed by atoms with Gasteiger partial charge in [-0.15, -0.1) is 0 Å². The first-order valence-corrected chi connectivity index (χ1v) is 10.6. The fourth-order valence-electron chi connectivity index (χ4n) is 4.00. The lowest BCUT2D eigenvalue weighted by Gasteiger charge is -2.12.